The van der Waals surface area contributed by atoms with Crippen LogP contribution in [0.1, 0.15) is 39.3 Å². The third kappa shape index (κ3) is 3.17. The van der Waals surface area contributed by atoms with Gasteiger partial charge in [-0.15, -0.1) is 0 Å². The topological polar surface area (TPSA) is 29.1 Å². The first-order valence-electron chi connectivity index (χ1n) is 5.27. The summed E-state index contributed by atoms with van der Waals surface area (Å²) >= 11 is 0. The molecule has 1 aromatic carbocycles. The number of benzene rings is 1. The fourth-order valence-electron chi connectivity index (χ4n) is 1.47. The van der Waals surface area contributed by atoms with Crippen molar-refractivity contribution in [2.24, 2.45) is 0 Å². The van der Waals surface area contributed by atoms with Crippen LogP contribution in [-0.4, -0.2) is 11.3 Å². The zero-order valence-corrected chi connectivity index (χ0v) is 9.87. The van der Waals surface area contributed by atoms with E-state index in [1.54, 1.807) is 6.92 Å². The maximum atomic E-state index is 11.4. The van der Waals surface area contributed by atoms with Crippen LogP contribution in [0.25, 0.3) is 0 Å². The van der Waals surface area contributed by atoms with Gasteiger partial charge >= 0.3 is 0 Å². The molecule has 15 heavy (non-hydrogen) atoms. The standard InChI is InChI=1S/C13H19NO/c1-10(12-8-6-5-7-9-12)14-13(3,4)11(2)15/h5-10,14H,1-4H3/t10-/m1/s1. The van der Waals surface area contributed by atoms with E-state index in [0.717, 1.165) is 0 Å². The maximum Gasteiger partial charge on any atom is 0.149 e. The predicted molar refractivity (Wildman–Crippen MR) is 62.8 cm³/mol. The normalized spacial score (nSPS) is 13.6. The van der Waals surface area contributed by atoms with Crippen molar-refractivity contribution in [1.82, 2.24) is 5.32 Å². The number of ketones is 1. The molecular formula is C13H19NO. The first-order valence-corrected chi connectivity index (χ1v) is 5.27. The third-order valence-electron chi connectivity index (χ3n) is 2.76. The molecule has 0 unspecified atom stereocenters. The molecule has 0 saturated heterocycles. The van der Waals surface area contributed by atoms with Crippen molar-refractivity contribution in [2.45, 2.75) is 39.3 Å². The van der Waals surface area contributed by atoms with Gasteiger partial charge in [-0.05, 0) is 33.3 Å². The second kappa shape index (κ2) is 4.58. The van der Waals surface area contributed by atoms with Gasteiger partial charge in [0.1, 0.15) is 5.78 Å². The molecule has 0 saturated carbocycles. The average Bonchev–Trinajstić information content (AvgIpc) is 2.18. The van der Waals surface area contributed by atoms with E-state index in [2.05, 4.69) is 24.4 Å². The molecule has 1 aromatic rings. The Kier molecular flexibility index (Phi) is 3.64. The fraction of sp³-hybridized carbons (Fsp3) is 0.462. The Hall–Kier alpha value is -1.15. The summed E-state index contributed by atoms with van der Waals surface area (Å²) in [6.07, 6.45) is 0. The molecule has 2 heteroatoms. The Morgan fingerprint density at radius 1 is 1.27 bits per heavy atom. The Morgan fingerprint density at radius 3 is 2.27 bits per heavy atom. The van der Waals surface area contributed by atoms with Crippen molar-refractivity contribution >= 4 is 5.78 Å². The Morgan fingerprint density at radius 2 is 1.80 bits per heavy atom. The molecule has 82 valence electrons. The van der Waals surface area contributed by atoms with Crippen molar-refractivity contribution in [2.75, 3.05) is 0 Å². The molecule has 2 nitrogen and oxygen atoms in total. The van der Waals surface area contributed by atoms with Crippen molar-refractivity contribution in [3.8, 4) is 0 Å². The van der Waals surface area contributed by atoms with Crippen molar-refractivity contribution in [3.63, 3.8) is 0 Å². The van der Waals surface area contributed by atoms with Crippen LogP contribution in [0.5, 0.6) is 0 Å². The third-order valence-corrected chi connectivity index (χ3v) is 2.76. The van der Waals surface area contributed by atoms with Gasteiger partial charge in [-0.3, -0.25) is 10.1 Å². The molecular weight excluding hydrogens is 186 g/mol. The summed E-state index contributed by atoms with van der Waals surface area (Å²) in [6.45, 7) is 7.51. The Bertz CT molecular complexity index is 330. The second-order valence-electron chi connectivity index (χ2n) is 4.46. The highest BCUT2D eigenvalue weighted by molar-refractivity contribution is 5.85. The molecule has 0 aromatic heterocycles. The number of nitrogens with one attached hydrogen (secondary N) is 1. The van der Waals surface area contributed by atoms with E-state index in [4.69, 9.17) is 0 Å². The molecule has 0 amide bonds. The quantitative estimate of drug-likeness (QED) is 0.818. The van der Waals surface area contributed by atoms with E-state index >= 15 is 0 Å². The van der Waals surface area contributed by atoms with Crippen LogP contribution in [0.4, 0.5) is 0 Å². The summed E-state index contributed by atoms with van der Waals surface area (Å²) in [5, 5.41) is 3.32. The molecule has 0 aliphatic rings. The smallest absolute Gasteiger partial charge is 0.149 e. The van der Waals surface area contributed by atoms with Crippen LogP contribution in [0.2, 0.25) is 0 Å². The fourth-order valence-corrected chi connectivity index (χ4v) is 1.47. The van der Waals surface area contributed by atoms with Crippen molar-refractivity contribution < 1.29 is 4.79 Å². The highest BCUT2D eigenvalue weighted by atomic mass is 16.1. The van der Waals surface area contributed by atoms with Crippen molar-refractivity contribution in [1.29, 1.82) is 0 Å². The molecule has 0 spiro atoms. The van der Waals surface area contributed by atoms with Crippen LogP contribution in [0.3, 0.4) is 0 Å². The largest absolute Gasteiger partial charge is 0.299 e. The van der Waals surface area contributed by atoms with Gasteiger partial charge in [0.05, 0.1) is 5.54 Å². The van der Waals surface area contributed by atoms with Gasteiger partial charge in [-0.2, -0.15) is 0 Å². The second-order valence-corrected chi connectivity index (χ2v) is 4.46. The van der Waals surface area contributed by atoms with Gasteiger partial charge in [-0.1, -0.05) is 30.3 Å². The molecule has 0 aliphatic carbocycles. The molecule has 0 radical (unpaired) electrons. The number of carbonyl (C=O) groups excluding carboxylic acids is 1. The van der Waals surface area contributed by atoms with Gasteiger partial charge < -0.3 is 0 Å². The monoisotopic (exact) mass is 205 g/mol. The highest BCUT2D eigenvalue weighted by Gasteiger charge is 2.25. The number of carbonyl (C=O) groups is 1. The molecule has 1 atom stereocenters. The van der Waals surface area contributed by atoms with Crippen LogP contribution in [0, 0.1) is 0 Å². The molecule has 0 bridgehead atoms. The summed E-state index contributed by atoms with van der Waals surface area (Å²) < 4.78 is 0. The molecule has 1 N–H and O–H groups in total. The minimum absolute atomic E-state index is 0.158. The van der Waals surface area contributed by atoms with Crippen molar-refractivity contribution in [3.05, 3.63) is 35.9 Å². The number of hydrogen-bond acceptors (Lipinski definition) is 2. The van der Waals surface area contributed by atoms with Gasteiger partial charge in [0.2, 0.25) is 0 Å². The lowest BCUT2D eigenvalue weighted by Crippen LogP contribution is -2.46. The maximum absolute atomic E-state index is 11.4. The van der Waals surface area contributed by atoms with Gasteiger partial charge in [-0.25, -0.2) is 0 Å². The van der Waals surface area contributed by atoms with Crippen LogP contribution in [-0.2, 0) is 4.79 Å². The van der Waals surface area contributed by atoms with E-state index < -0.39 is 5.54 Å². The first-order chi connectivity index (χ1) is 6.93. The molecule has 0 aliphatic heterocycles. The number of rotatable bonds is 4. The molecule has 1 rings (SSSR count). The average molecular weight is 205 g/mol. The Labute approximate surface area is 91.7 Å². The lowest BCUT2D eigenvalue weighted by Gasteiger charge is -2.28. The minimum Gasteiger partial charge on any atom is -0.299 e. The predicted octanol–water partition coefficient (Wildman–Crippen LogP) is 2.70. The summed E-state index contributed by atoms with van der Waals surface area (Å²) in [6, 6.07) is 10.3. The Balaban J connectivity index is 2.72. The SMILES string of the molecule is CC(=O)C(C)(C)N[C@H](C)c1ccccc1. The lowest BCUT2D eigenvalue weighted by atomic mass is 9.97. The van der Waals surface area contributed by atoms with E-state index in [1.807, 2.05) is 32.0 Å². The highest BCUT2D eigenvalue weighted by Crippen LogP contribution is 2.16. The minimum atomic E-state index is -0.463. The summed E-state index contributed by atoms with van der Waals surface area (Å²) in [7, 11) is 0. The van der Waals surface area contributed by atoms with Gasteiger partial charge in [0, 0.05) is 6.04 Å². The lowest BCUT2D eigenvalue weighted by molar-refractivity contribution is -0.122. The van der Waals surface area contributed by atoms with Crippen LogP contribution >= 0.6 is 0 Å². The van der Waals surface area contributed by atoms with Gasteiger partial charge in [0.15, 0.2) is 0 Å². The summed E-state index contributed by atoms with van der Waals surface area (Å²) in [5.74, 6) is 0.158. The molecule has 0 heterocycles. The first kappa shape index (κ1) is 11.9. The van der Waals surface area contributed by atoms with E-state index in [0.29, 0.717) is 0 Å². The zero-order chi connectivity index (χ0) is 11.5. The molecule has 0 fully saturated rings. The van der Waals surface area contributed by atoms with Crippen LogP contribution in [0.15, 0.2) is 30.3 Å². The van der Waals surface area contributed by atoms with Crippen LogP contribution < -0.4 is 5.32 Å². The van der Waals surface area contributed by atoms with E-state index in [1.165, 1.54) is 5.56 Å². The number of Topliss-reactive ketones (excluding diaryl/α,β-unsaturated/α-hetero) is 1. The van der Waals surface area contributed by atoms with Gasteiger partial charge in [0.25, 0.3) is 0 Å². The number of hydrogen-bond donors (Lipinski definition) is 1. The zero-order valence-electron chi connectivity index (χ0n) is 9.87. The summed E-state index contributed by atoms with van der Waals surface area (Å²) in [5.41, 5.74) is 0.738. The van der Waals surface area contributed by atoms with E-state index in [-0.39, 0.29) is 11.8 Å². The van der Waals surface area contributed by atoms with E-state index in [9.17, 15) is 4.79 Å². The summed E-state index contributed by atoms with van der Waals surface area (Å²) in [4.78, 5) is 11.4.